The van der Waals surface area contributed by atoms with E-state index in [0.29, 0.717) is 10.9 Å². The van der Waals surface area contributed by atoms with Crippen LogP contribution in [-0.4, -0.2) is 46.2 Å². The van der Waals surface area contributed by atoms with Crippen LogP contribution < -0.4 is 5.32 Å². The summed E-state index contributed by atoms with van der Waals surface area (Å²) in [6.45, 7) is 3.89. The minimum absolute atomic E-state index is 0.106. The van der Waals surface area contributed by atoms with Gasteiger partial charge in [-0.25, -0.2) is 16.8 Å². The number of hydrogen-bond acceptors (Lipinski definition) is 6. The summed E-state index contributed by atoms with van der Waals surface area (Å²) in [6, 6.07) is 2.29. The van der Waals surface area contributed by atoms with E-state index in [9.17, 15) is 16.8 Å². The van der Waals surface area contributed by atoms with E-state index in [-0.39, 0.29) is 15.7 Å². The topological polar surface area (TPSA) is 80.3 Å². The zero-order valence-corrected chi connectivity index (χ0v) is 13.7. The van der Waals surface area contributed by atoms with Crippen molar-refractivity contribution in [3.63, 3.8) is 0 Å². The van der Waals surface area contributed by atoms with Crippen molar-refractivity contribution in [2.45, 2.75) is 15.5 Å². The van der Waals surface area contributed by atoms with Gasteiger partial charge in [0.2, 0.25) is 0 Å². The molecule has 2 rings (SSSR count). The molecule has 1 N–H and O–H groups in total. The molecule has 0 amide bonds. The molecule has 1 aromatic rings. The number of sulfone groups is 2. The molecule has 0 spiro atoms. The van der Waals surface area contributed by atoms with E-state index in [1.807, 2.05) is 0 Å². The van der Waals surface area contributed by atoms with Crippen LogP contribution in [-0.2, 0) is 19.7 Å². The molecule has 0 bridgehead atoms. The van der Waals surface area contributed by atoms with Gasteiger partial charge >= 0.3 is 0 Å². The summed E-state index contributed by atoms with van der Waals surface area (Å²) < 4.78 is 49.0. The van der Waals surface area contributed by atoms with Crippen LogP contribution in [0.5, 0.6) is 0 Å². The van der Waals surface area contributed by atoms with Gasteiger partial charge in [0.15, 0.2) is 19.7 Å². The second kappa shape index (κ2) is 5.76. The second-order valence-electron chi connectivity index (χ2n) is 4.52. The highest BCUT2D eigenvalue weighted by Crippen LogP contribution is 2.32. The second-order valence-corrected chi connectivity index (χ2v) is 10.8. The first kappa shape index (κ1) is 16.0. The highest BCUT2D eigenvalue weighted by atomic mass is 35.5. The Kier molecular flexibility index (Phi) is 4.60. The normalized spacial score (nSPS) is 25.6. The molecule has 0 aromatic carbocycles. The number of nitrogens with one attached hydrogen (secondary N) is 1. The fraction of sp³-hybridized carbons (Fsp3) is 0.455. The molecule has 20 heavy (non-hydrogen) atoms. The molecule has 1 aromatic heterocycles. The molecule has 1 saturated heterocycles. The molecular weight excluding hydrogens is 342 g/mol. The van der Waals surface area contributed by atoms with Crippen molar-refractivity contribution in [3.05, 3.63) is 29.1 Å². The first-order valence-electron chi connectivity index (χ1n) is 5.80. The van der Waals surface area contributed by atoms with Crippen LogP contribution in [0.4, 0.5) is 0 Å². The molecule has 2 heterocycles. The molecule has 5 nitrogen and oxygen atoms in total. The lowest BCUT2D eigenvalue weighted by molar-refractivity contribution is 0.545. The average Bonchev–Trinajstić information content (AvgIpc) is 2.91. The van der Waals surface area contributed by atoms with E-state index in [2.05, 4.69) is 11.9 Å². The molecule has 112 valence electrons. The minimum Gasteiger partial charge on any atom is -0.308 e. The fourth-order valence-corrected chi connectivity index (χ4v) is 8.57. The van der Waals surface area contributed by atoms with Crippen LogP contribution in [0.3, 0.4) is 0 Å². The lowest BCUT2D eigenvalue weighted by Crippen LogP contribution is -2.43. The van der Waals surface area contributed by atoms with Crippen molar-refractivity contribution in [1.82, 2.24) is 5.32 Å². The summed E-state index contributed by atoms with van der Waals surface area (Å²) in [5, 5.41) is 1.93. The number of rotatable bonds is 5. The Hall–Kier alpha value is -0.410. The smallest absolute Gasteiger partial charge is 0.193 e. The fourth-order valence-electron chi connectivity index (χ4n) is 2.15. The zero-order valence-electron chi connectivity index (χ0n) is 10.5. The number of thiophene rings is 1. The highest BCUT2D eigenvalue weighted by molar-refractivity contribution is 7.97. The predicted octanol–water partition coefficient (Wildman–Crippen LogP) is 1.12. The van der Waals surface area contributed by atoms with Gasteiger partial charge < -0.3 is 5.32 Å². The van der Waals surface area contributed by atoms with Gasteiger partial charge in [-0.05, 0) is 12.1 Å². The van der Waals surface area contributed by atoms with Crippen molar-refractivity contribution >= 4 is 42.6 Å². The van der Waals surface area contributed by atoms with Gasteiger partial charge in [0.25, 0.3) is 0 Å². The van der Waals surface area contributed by atoms with Crippen LogP contribution in [0.25, 0.3) is 0 Å². The van der Waals surface area contributed by atoms with Gasteiger partial charge in [-0.15, -0.1) is 17.9 Å². The summed E-state index contributed by atoms with van der Waals surface area (Å²) in [4.78, 5) is 0. The third kappa shape index (κ3) is 3.25. The number of hydrogen-bond donors (Lipinski definition) is 1. The lowest BCUT2D eigenvalue weighted by atomic mass is 10.2. The maximum atomic E-state index is 12.5. The van der Waals surface area contributed by atoms with E-state index in [1.165, 1.54) is 12.1 Å². The SMILES string of the molecule is C=CCN[C@H]1CS(=O)(=O)C[C@@H]1S(=O)(=O)c1ccc(Cl)s1. The Bertz CT molecular complexity index is 708. The zero-order chi connectivity index (χ0) is 15.0. The van der Waals surface area contributed by atoms with E-state index in [4.69, 9.17) is 11.6 Å². The minimum atomic E-state index is -3.71. The van der Waals surface area contributed by atoms with E-state index in [1.54, 1.807) is 6.08 Å². The third-order valence-electron chi connectivity index (χ3n) is 3.05. The molecule has 9 heteroatoms. The summed E-state index contributed by atoms with van der Waals surface area (Å²) >= 11 is 6.70. The molecule has 1 aliphatic rings. The molecule has 0 saturated carbocycles. The van der Waals surface area contributed by atoms with Gasteiger partial charge in [-0.3, -0.25) is 0 Å². The van der Waals surface area contributed by atoms with Crippen LogP contribution >= 0.6 is 22.9 Å². The third-order valence-corrected chi connectivity index (χ3v) is 8.96. The monoisotopic (exact) mass is 355 g/mol. The van der Waals surface area contributed by atoms with Crippen molar-refractivity contribution in [2.75, 3.05) is 18.1 Å². The predicted molar refractivity (Wildman–Crippen MR) is 80.9 cm³/mol. The summed E-state index contributed by atoms with van der Waals surface area (Å²) in [5.74, 6) is -0.538. The molecule has 0 unspecified atom stereocenters. The maximum Gasteiger partial charge on any atom is 0.193 e. The van der Waals surface area contributed by atoms with Gasteiger partial charge in [-0.1, -0.05) is 17.7 Å². The van der Waals surface area contributed by atoms with Crippen molar-refractivity contribution in [1.29, 1.82) is 0 Å². The molecule has 1 aliphatic heterocycles. The van der Waals surface area contributed by atoms with Crippen LogP contribution in [0, 0.1) is 0 Å². The van der Waals surface area contributed by atoms with Gasteiger partial charge in [0, 0.05) is 12.6 Å². The molecule has 1 fully saturated rings. The summed E-state index contributed by atoms with van der Waals surface area (Å²) in [7, 11) is -7.07. The van der Waals surface area contributed by atoms with Crippen LogP contribution in [0.1, 0.15) is 0 Å². The highest BCUT2D eigenvalue weighted by Gasteiger charge is 2.45. The summed E-state index contributed by atoms with van der Waals surface area (Å²) in [5.41, 5.74) is 0. The van der Waals surface area contributed by atoms with Gasteiger partial charge in [-0.2, -0.15) is 0 Å². The van der Waals surface area contributed by atoms with Gasteiger partial charge in [0.1, 0.15) is 4.21 Å². The molecule has 0 radical (unpaired) electrons. The average molecular weight is 356 g/mol. The van der Waals surface area contributed by atoms with Crippen LogP contribution in [0.2, 0.25) is 4.34 Å². The maximum absolute atomic E-state index is 12.5. The Morgan fingerprint density at radius 2 is 2.15 bits per heavy atom. The van der Waals surface area contributed by atoms with E-state index in [0.717, 1.165) is 11.3 Å². The van der Waals surface area contributed by atoms with Crippen molar-refractivity contribution in [2.24, 2.45) is 0 Å². The number of halogens is 1. The Morgan fingerprint density at radius 3 is 2.70 bits per heavy atom. The Labute approximate surface area is 127 Å². The van der Waals surface area contributed by atoms with E-state index < -0.39 is 31.0 Å². The largest absolute Gasteiger partial charge is 0.308 e. The van der Waals surface area contributed by atoms with Crippen molar-refractivity contribution in [3.8, 4) is 0 Å². The van der Waals surface area contributed by atoms with Gasteiger partial charge in [0.05, 0.1) is 21.1 Å². The molecule has 2 atom stereocenters. The quantitative estimate of drug-likeness (QED) is 0.800. The summed E-state index contributed by atoms with van der Waals surface area (Å²) in [6.07, 6.45) is 1.57. The first-order valence-corrected chi connectivity index (χ1v) is 10.4. The molecular formula is C11H14ClNO4S3. The van der Waals surface area contributed by atoms with Crippen LogP contribution in [0.15, 0.2) is 29.0 Å². The Balaban J connectivity index is 2.35. The first-order chi connectivity index (χ1) is 9.26. The molecule has 0 aliphatic carbocycles. The lowest BCUT2D eigenvalue weighted by Gasteiger charge is -2.18. The Morgan fingerprint density at radius 1 is 1.45 bits per heavy atom. The van der Waals surface area contributed by atoms with Crippen molar-refractivity contribution < 1.29 is 16.8 Å². The standard InChI is InChI=1S/C11H14ClNO4S3/c1-2-5-13-8-6-19(14,15)7-9(8)20(16,17)11-4-3-10(12)18-11/h2-4,8-9,13H,1,5-7H2/t8-,9-/m0/s1. The van der Waals surface area contributed by atoms with E-state index >= 15 is 0 Å².